The van der Waals surface area contributed by atoms with E-state index in [2.05, 4.69) is 26.6 Å². The van der Waals surface area contributed by atoms with Gasteiger partial charge in [0.25, 0.3) is 0 Å². The van der Waals surface area contributed by atoms with Gasteiger partial charge >= 0.3 is 0 Å². The Bertz CT molecular complexity index is 347. The van der Waals surface area contributed by atoms with Crippen LogP contribution in [0.4, 0.5) is 0 Å². The second kappa shape index (κ2) is 7.65. The van der Waals surface area contributed by atoms with Gasteiger partial charge in [0.15, 0.2) is 0 Å². The lowest BCUT2D eigenvalue weighted by atomic mass is 10.2. The highest BCUT2D eigenvalue weighted by Gasteiger charge is 2.09. The number of amides is 1. The quantitative estimate of drug-likeness (QED) is 0.894. The molecule has 0 bridgehead atoms. The van der Waals surface area contributed by atoms with Crippen molar-refractivity contribution in [3.63, 3.8) is 0 Å². The van der Waals surface area contributed by atoms with Crippen LogP contribution in [0.1, 0.15) is 12.5 Å². The highest BCUT2D eigenvalue weighted by atomic mass is 79.9. The van der Waals surface area contributed by atoms with Crippen molar-refractivity contribution in [3.05, 3.63) is 34.3 Å². The van der Waals surface area contributed by atoms with Crippen molar-refractivity contribution in [2.24, 2.45) is 0 Å². The van der Waals surface area contributed by atoms with Crippen molar-refractivity contribution < 1.29 is 4.79 Å². The molecule has 0 heterocycles. The molecule has 0 aliphatic rings. The normalized spacial score (nSPS) is 11.4. The molecule has 16 heavy (non-hydrogen) atoms. The van der Waals surface area contributed by atoms with E-state index in [9.17, 15) is 4.79 Å². The molecule has 0 unspecified atom stereocenters. The average molecular weight is 308 g/mol. The maximum absolute atomic E-state index is 11.2. The Balaban J connectivity index is 0.00000225. The predicted molar refractivity (Wildman–Crippen MR) is 71.8 cm³/mol. The smallest absolute Gasteiger partial charge is 0.236 e. The zero-order valence-electron chi connectivity index (χ0n) is 9.29. The Morgan fingerprint density at radius 3 is 2.75 bits per heavy atom. The van der Waals surface area contributed by atoms with Gasteiger partial charge in [0.2, 0.25) is 5.91 Å². The molecule has 0 saturated heterocycles. The monoisotopic (exact) mass is 306 g/mol. The van der Waals surface area contributed by atoms with Crippen LogP contribution in [-0.4, -0.2) is 19.0 Å². The third kappa shape index (κ3) is 4.96. The lowest BCUT2D eigenvalue weighted by molar-refractivity contribution is -0.122. The molecule has 1 aromatic rings. The Hall–Kier alpha value is -0.580. The van der Waals surface area contributed by atoms with Crippen LogP contribution in [0.5, 0.6) is 0 Å². The van der Waals surface area contributed by atoms with Crippen LogP contribution < -0.4 is 10.6 Å². The third-order valence-corrected chi connectivity index (χ3v) is 2.63. The molecule has 1 atom stereocenters. The molecule has 0 radical (unpaired) electrons. The molecule has 0 spiro atoms. The van der Waals surface area contributed by atoms with Crippen LogP contribution in [0.25, 0.3) is 0 Å². The third-order valence-electron chi connectivity index (χ3n) is 2.14. The second-order valence-electron chi connectivity index (χ2n) is 3.35. The minimum Gasteiger partial charge on any atom is -0.358 e. The number of carbonyl (C=O) groups is 1. The lowest BCUT2D eigenvalue weighted by Gasteiger charge is -2.12. The molecule has 1 rings (SSSR count). The van der Waals surface area contributed by atoms with E-state index >= 15 is 0 Å². The first-order chi connectivity index (χ1) is 7.13. The fourth-order valence-corrected chi connectivity index (χ4v) is 1.67. The van der Waals surface area contributed by atoms with Crippen LogP contribution in [0.2, 0.25) is 0 Å². The molecule has 1 amide bonds. The Morgan fingerprint density at radius 1 is 1.50 bits per heavy atom. The summed E-state index contributed by atoms with van der Waals surface area (Å²) in [5.41, 5.74) is 1.15. The summed E-state index contributed by atoms with van der Waals surface area (Å²) in [4.78, 5) is 11.2. The number of hydrogen-bond acceptors (Lipinski definition) is 2. The number of benzene rings is 1. The van der Waals surface area contributed by atoms with Gasteiger partial charge in [-0.2, -0.15) is 0 Å². The molecule has 0 aromatic heterocycles. The van der Waals surface area contributed by atoms with Gasteiger partial charge in [0, 0.05) is 18.1 Å². The molecule has 90 valence electrons. The largest absolute Gasteiger partial charge is 0.358 e. The summed E-state index contributed by atoms with van der Waals surface area (Å²) in [6.07, 6.45) is 0. The number of nitrogens with one attached hydrogen (secondary N) is 2. The van der Waals surface area contributed by atoms with Gasteiger partial charge in [0.1, 0.15) is 0 Å². The van der Waals surface area contributed by atoms with Crippen molar-refractivity contribution in [2.75, 3.05) is 7.05 Å². The summed E-state index contributed by atoms with van der Waals surface area (Å²) in [6.45, 7) is 2.53. The van der Waals surface area contributed by atoms with E-state index in [-0.39, 0.29) is 24.4 Å². The summed E-state index contributed by atoms with van der Waals surface area (Å²) in [5, 5.41) is 5.75. The summed E-state index contributed by atoms with van der Waals surface area (Å²) in [5.74, 6) is 0.00463. The maximum Gasteiger partial charge on any atom is 0.236 e. The number of likely N-dealkylation sites (N-methyl/N-ethyl adjacent to an activating group) is 1. The number of hydrogen-bond donors (Lipinski definition) is 2. The Labute approximate surface area is 111 Å². The van der Waals surface area contributed by atoms with Crippen molar-refractivity contribution in [1.29, 1.82) is 0 Å². The molecule has 2 N–H and O–H groups in total. The van der Waals surface area contributed by atoms with Crippen molar-refractivity contribution in [3.8, 4) is 0 Å². The van der Waals surface area contributed by atoms with E-state index in [1.54, 1.807) is 7.05 Å². The van der Waals surface area contributed by atoms with Gasteiger partial charge in [-0.15, -0.1) is 12.4 Å². The highest BCUT2D eigenvalue weighted by Crippen LogP contribution is 2.11. The molecule has 1 aromatic carbocycles. The Kier molecular flexibility index (Phi) is 7.38. The van der Waals surface area contributed by atoms with E-state index in [1.165, 1.54) is 0 Å². The Morgan fingerprint density at radius 2 is 2.19 bits per heavy atom. The zero-order valence-corrected chi connectivity index (χ0v) is 11.7. The summed E-state index contributed by atoms with van der Waals surface area (Å²) >= 11 is 3.40. The molecule has 0 saturated carbocycles. The first-order valence-electron chi connectivity index (χ1n) is 4.83. The van der Waals surface area contributed by atoms with Crippen LogP contribution in [0.15, 0.2) is 28.7 Å². The van der Waals surface area contributed by atoms with Gasteiger partial charge < -0.3 is 10.6 Å². The lowest BCUT2D eigenvalue weighted by Crippen LogP contribution is -2.40. The van der Waals surface area contributed by atoms with Crippen molar-refractivity contribution in [1.82, 2.24) is 10.6 Å². The molecule has 3 nitrogen and oxygen atoms in total. The van der Waals surface area contributed by atoms with Crippen LogP contribution in [0.3, 0.4) is 0 Å². The summed E-state index contributed by atoms with van der Waals surface area (Å²) < 4.78 is 1.05. The zero-order chi connectivity index (χ0) is 11.3. The molecule has 5 heteroatoms. The van der Waals surface area contributed by atoms with Gasteiger partial charge in [-0.1, -0.05) is 28.1 Å². The fraction of sp³-hybridized carbons (Fsp3) is 0.364. The van der Waals surface area contributed by atoms with E-state index in [4.69, 9.17) is 0 Å². The molecular weight excluding hydrogens is 291 g/mol. The average Bonchev–Trinajstić information content (AvgIpc) is 2.25. The van der Waals surface area contributed by atoms with Gasteiger partial charge in [-0.05, 0) is 24.6 Å². The van der Waals surface area contributed by atoms with E-state index in [0.29, 0.717) is 6.54 Å². The number of halogens is 2. The van der Waals surface area contributed by atoms with E-state index in [0.717, 1.165) is 10.0 Å². The summed E-state index contributed by atoms with van der Waals surface area (Å²) in [6, 6.07) is 7.84. The van der Waals surface area contributed by atoms with Crippen LogP contribution >= 0.6 is 28.3 Å². The molecule has 0 aliphatic carbocycles. The van der Waals surface area contributed by atoms with E-state index < -0.39 is 0 Å². The van der Waals surface area contributed by atoms with Crippen molar-refractivity contribution in [2.45, 2.75) is 19.5 Å². The predicted octanol–water partition coefficient (Wildman–Crippen LogP) is 2.09. The number of rotatable bonds is 4. The van der Waals surface area contributed by atoms with Crippen molar-refractivity contribution >= 4 is 34.2 Å². The fourth-order valence-electron chi connectivity index (χ4n) is 1.23. The van der Waals surface area contributed by atoms with Crippen LogP contribution in [-0.2, 0) is 11.3 Å². The van der Waals surface area contributed by atoms with Gasteiger partial charge in [0.05, 0.1) is 6.04 Å². The molecule has 0 aliphatic heterocycles. The standard InChI is InChI=1S/C11H15BrN2O.ClH/c1-8(11(15)13-2)14-7-9-4-3-5-10(12)6-9;/h3-6,8,14H,7H2,1-2H3,(H,13,15);1H/t8-;/m1./s1. The maximum atomic E-state index is 11.2. The summed E-state index contributed by atoms with van der Waals surface area (Å²) in [7, 11) is 1.64. The second-order valence-corrected chi connectivity index (χ2v) is 4.26. The minimum atomic E-state index is -0.172. The topological polar surface area (TPSA) is 41.1 Å². The SMILES string of the molecule is CNC(=O)[C@@H](C)NCc1cccc(Br)c1.Cl. The molecule has 0 fully saturated rings. The first-order valence-corrected chi connectivity index (χ1v) is 5.62. The van der Waals surface area contributed by atoms with Gasteiger partial charge in [-0.25, -0.2) is 0 Å². The van der Waals surface area contributed by atoms with E-state index in [1.807, 2.05) is 31.2 Å². The minimum absolute atomic E-state index is 0. The highest BCUT2D eigenvalue weighted by molar-refractivity contribution is 9.10. The van der Waals surface area contributed by atoms with Gasteiger partial charge in [-0.3, -0.25) is 4.79 Å². The first kappa shape index (κ1) is 15.4. The van der Waals surface area contributed by atoms with Crippen LogP contribution in [0, 0.1) is 0 Å². The molecular formula is C11H16BrClN2O. The number of carbonyl (C=O) groups excluding carboxylic acids is 1.